The van der Waals surface area contributed by atoms with Crippen molar-refractivity contribution in [3.8, 4) is 0 Å². The van der Waals surface area contributed by atoms with E-state index < -0.39 is 5.97 Å². The number of hydrogen-bond donors (Lipinski definition) is 3. The van der Waals surface area contributed by atoms with Crippen molar-refractivity contribution in [2.24, 2.45) is 0 Å². The summed E-state index contributed by atoms with van der Waals surface area (Å²) in [5.74, 6) is 0.436. The summed E-state index contributed by atoms with van der Waals surface area (Å²) in [6.07, 6.45) is 1.83. The van der Waals surface area contributed by atoms with Gasteiger partial charge >= 0.3 is 5.97 Å². The van der Waals surface area contributed by atoms with Gasteiger partial charge in [0.25, 0.3) is 0 Å². The van der Waals surface area contributed by atoms with Crippen LogP contribution in [0.5, 0.6) is 0 Å². The Morgan fingerprint density at radius 2 is 2.37 bits per heavy atom. The van der Waals surface area contributed by atoms with E-state index >= 15 is 0 Å². The number of nitrogens with one attached hydrogen (secondary N) is 1. The van der Waals surface area contributed by atoms with Crippen LogP contribution in [-0.4, -0.2) is 32.7 Å². The number of nitrogen functional groups attached to an aromatic ring is 1. The van der Waals surface area contributed by atoms with E-state index in [1.165, 1.54) is 12.3 Å². The van der Waals surface area contributed by atoms with Crippen molar-refractivity contribution in [2.45, 2.75) is 13.3 Å². The molecular weight excluding hydrogens is 250 g/mol. The second kappa shape index (κ2) is 5.34. The summed E-state index contributed by atoms with van der Waals surface area (Å²) >= 11 is 0. The number of aromatic nitrogens is 3. The van der Waals surface area contributed by atoms with E-state index in [0.717, 1.165) is 0 Å². The molecular formula is C11H13N5O3. The molecule has 0 atom stereocenters. The molecule has 8 heteroatoms. The number of hydrogen-bond acceptors (Lipinski definition) is 7. The van der Waals surface area contributed by atoms with Crippen molar-refractivity contribution in [3.05, 3.63) is 29.5 Å². The Bertz CT molecular complexity index is 596. The van der Waals surface area contributed by atoms with Crippen molar-refractivity contribution in [2.75, 3.05) is 17.6 Å². The van der Waals surface area contributed by atoms with Gasteiger partial charge in [-0.25, -0.2) is 9.78 Å². The van der Waals surface area contributed by atoms with E-state index in [1.54, 1.807) is 6.92 Å². The molecule has 0 unspecified atom stereocenters. The molecule has 2 heterocycles. The Labute approximate surface area is 108 Å². The van der Waals surface area contributed by atoms with Crippen molar-refractivity contribution >= 4 is 17.5 Å². The molecule has 0 saturated heterocycles. The lowest BCUT2D eigenvalue weighted by atomic mass is 10.2. The summed E-state index contributed by atoms with van der Waals surface area (Å²) in [6.45, 7) is 2.23. The summed E-state index contributed by atoms with van der Waals surface area (Å²) in [6, 6.07) is 1.39. The standard InChI is InChI=1S/C11H13N5O3/c1-6-15-10(19-16-6)2-3-13-9-4-7(11(17)18)8(12)5-14-9/h4-5H,2-3,12H2,1H3,(H,13,14)(H,17,18). The van der Waals surface area contributed by atoms with Crippen LogP contribution in [0.2, 0.25) is 0 Å². The normalized spacial score (nSPS) is 10.4. The molecule has 0 spiro atoms. The van der Waals surface area contributed by atoms with Crippen LogP contribution in [0, 0.1) is 6.92 Å². The average molecular weight is 263 g/mol. The molecule has 2 aromatic rings. The van der Waals surface area contributed by atoms with Crippen LogP contribution in [-0.2, 0) is 6.42 Å². The fourth-order valence-electron chi connectivity index (χ4n) is 1.49. The summed E-state index contributed by atoms with van der Waals surface area (Å²) in [7, 11) is 0. The SMILES string of the molecule is Cc1noc(CCNc2cc(C(=O)O)c(N)cn2)n1. The number of aromatic carboxylic acids is 1. The fraction of sp³-hybridized carbons (Fsp3) is 0.273. The highest BCUT2D eigenvalue weighted by Gasteiger charge is 2.09. The average Bonchev–Trinajstić information content (AvgIpc) is 2.77. The van der Waals surface area contributed by atoms with Gasteiger partial charge in [0.15, 0.2) is 5.82 Å². The highest BCUT2D eigenvalue weighted by atomic mass is 16.5. The van der Waals surface area contributed by atoms with Crippen LogP contribution >= 0.6 is 0 Å². The predicted molar refractivity (Wildman–Crippen MR) is 66.8 cm³/mol. The fourth-order valence-corrected chi connectivity index (χ4v) is 1.49. The van der Waals surface area contributed by atoms with Crippen molar-refractivity contribution in [1.82, 2.24) is 15.1 Å². The summed E-state index contributed by atoms with van der Waals surface area (Å²) < 4.78 is 4.95. The molecule has 0 radical (unpaired) electrons. The van der Waals surface area contributed by atoms with Gasteiger partial charge < -0.3 is 20.7 Å². The number of aryl methyl sites for hydroxylation is 1. The lowest BCUT2D eigenvalue weighted by Gasteiger charge is -2.06. The predicted octanol–water partition coefficient (Wildman–Crippen LogP) is 0.708. The molecule has 0 aromatic carbocycles. The third kappa shape index (κ3) is 3.18. The maximum atomic E-state index is 10.9. The van der Waals surface area contributed by atoms with E-state index in [9.17, 15) is 4.79 Å². The number of carbonyl (C=O) groups is 1. The van der Waals surface area contributed by atoms with Gasteiger partial charge in [0, 0.05) is 13.0 Å². The lowest BCUT2D eigenvalue weighted by Crippen LogP contribution is -2.09. The smallest absolute Gasteiger partial charge is 0.337 e. The van der Waals surface area contributed by atoms with E-state index in [-0.39, 0.29) is 11.3 Å². The molecule has 0 aliphatic carbocycles. The minimum Gasteiger partial charge on any atom is -0.478 e. The van der Waals surface area contributed by atoms with Gasteiger partial charge in [-0.3, -0.25) is 0 Å². The third-order valence-electron chi connectivity index (χ3n) is 2.38. The largest absolute Gasteiger partial charge is 0.478 e. The lowest BCUT2D eigenvalue weighted by molar-refractivity contribution is 0.0698. The van der Waals surface area contributed by atoms with Crippen LogP contribution in [0.1, 0.15) is 22.1 Å². The van der Waals surface area contributed by atoms with E-state index in [4.69, 9.17) is 15.4 Å². The molecule has 4 N–H and O–H groups in total. The van der Waals surface area contributed by atoms with Gasteiger partial charge in [-0.05, 0) is 13.0 Å². The Morgan fingerprint density at radius 3 is 3.00 bits per heavy atom. The second-order valence-electron chi connectivity index (χ2n) is 3.87. The maximum Gasteiger partial charge on any atom is 0.337 e. The van der Waals surface area contributed by atoms with Crippen molar-refractivity contribution < 1.29 is 14.4 Å². The Morgan fingerprint density at radius 1 is 1.58 bits per heavy atom. The minimum atomic E-state index is -1.09. The first kappa shape index (κ1) is 12.8. The number of carboxylic acid groups (broad SMARTS) is 1. The van der Waals surface area contributed by atoms with Gasteiger partial charge in [-0.15, -0.1) is 0 Å². The van der Waals surface area contributed by atoms with Crippen molar-refractivity contribution in [3.63, 3.8) is 0 Å². The number of rotatable bonds is 5. The molecule has 2 aromatic heterocycles. The van der Waals surface area contributed by atoms with E-state index in [2.05, 4.69) is 20.4 Å². The summed E-state index contributed by atoms with van der Waals surface area (Å²) in [4.78, 5) is 18.9. The number of anilines is 2. The molecule has 100 valence electrons. The highest BCUT2D eigenvalue weighted by Crippen LogP contribution is 2.14. The van der Waals surface area contributed by atoms with Crippen molar-refractivity contribution in [1.29, 1.82) is 0 Å². The van der Waals surface area contributed by atoms with Crippen LogP contribution in [0.25, 0.3) is 0 Å². The molecule has 0 bridgehead atoms. The molecule has 19 heavy (non-hydrogen) atoms. The van der Waals surface area contributed by atoms with Crippen LogP contribution < -0.4 is 11.1 Å². The first-order valence-corrected chi connectivity index (χ1v) is 5.58. The molecule has 0 aliphatic heterocycles. The van der Waals surface area contributed by atoms with Gasteiger partial charge in [-0.2, -0.15) is 4.98 Å². The van der Waals surface area contributed by atoms with Crippen LogP contribution in [0.15, 0.2) is 16.8 Å². The quantitative estimate of drug-likeness (QED) is 0.719. The zero-order valence-corrected chi connectivity index (χ0v) is 10.3. The first-order valence-electron chi connectivity index (χ1n) is 5.58. The minimum absolute atomic E-state index is 0.0196. The zero-order chi connectivity index (χ0) is 13.8. The number of carboxylic acids is 1. The zero-order valence-electron chi connectivity index (χ0n) is 10.3. The molecule has 8 nitrogen and oxygen atoms in total. The number of nitrogens with two attached hydrogens (primary N) is 1. The van der Waals surface area contributed by atoms with Gasteiger partial charge in [0.05, 0.1) is 17.4 Å². The Hall–Kier alpha value is -2.64. The van der Waals surface area contributed by atoms with Crippen LogP contribution in [0.3, 0.4) is 0 Å². The van der Waals surface area contributed by atoms with Gasteiger partial charge in [0.1, 0.15) is 5.82 Å². The van der Waals surface area contributed by atoms with Gasteiger partial charge in [-0.1, -0.05) is 5.16 Å². The monoisotopic (exact) mass is 263 g/mol. The topological polar surface area (TPSA) is 127 Å². The third-order valence-corrected chi connectivity index (χ3v) is 2.38. The Kier molecular flexibility index (Phi) is 3.60. The molecule has 0 aliphatic rings. The first-order chi connectivity index (χ1) is 9.06. The molecule has 0 saturated carbocycles. The van der Waals surface area contributed by atoms with E-state index in [1.807, 2.05) is 0 Å². The van der Waals surface area contributed by atoms with Gasteiger partial charge in [0.2, 0.25) is 5.89 Å². The van der Waals surface area contributed by atoms with Crippen LogP contribution in [0.4, 0.5) is 11.5 Å². The second-order valence-corrected chi connectivity index (χ2v) is 3.87. The molecule has 2 rings (SSSR count). The summed E-state index contributed by atoms with van der Waals surface area (Å²) in [5, 5.41) is 15.6. The highest BCUT2D eigenvalue weighted by molar-refractivity contribution is 5.94. The summed E-state index contributed by atoms with van der Waals surface area (Å²) in [5.41, 5.74) is 5.66. The number of nitrogens with zero attached hydrogens (tertiary/aromatic N) is 3. The number of pyridine rings is 1. The molecule has 0 amide bonds. The maximum absolute atomic E-state index is 10.9. The Balaban J connectivity index is 1.96. The van der Waals surface area contributed by atoms with E-state index in [0.29, 0.717) is 30.5 Å². The molecule has 0 fully saturated rings.